The summed E-state index contributed by atoms with van der Waals surface area (Å²) in [7, 11) is 1.57. The second-order valence-corrected chi connectivity index (χ2v) is 4.47. The van der Waals surface area contributed by atoms with Crippen molar-refractivity contribution in [2.75, 3.05) is 13.7 Å². The smallest absolute Gasteiger partial charge is 0.261 e. The zero-order valence-electron chi connectivity index (χ0n) is 9.88. The Morgan fingerprint density at radius 1 is 1.61 bits per heavy atom. The van der Waals surface area contributed by atoms with Gasteiger partial charge in [0.1, 0.15) is 6.61 Å². The molecule has 18 heavy (non-hydrogen) atoms. The molecule has 0 aliphatic rings. The van der Waals surface area contributed by atoms with Crippen LogP contribution in [0.1, 0.15) is 21.4 Å². The number of methoxy groups -OCH3 is 1. The molecule has 6 nitrogen and oxygen atoms in total. The van der Waals surface area contributed by atoms with Gasteiger partial charge >= 0.3 is 0 Å². The van der Waals surface area contributed by atoms with Crippen molar-refractivity contribution < 1.29 is 14.1 Å². The van der Waals surface area contributed by atoms with Crippen molar-refractivity contribution in [3.05, 3.63) is 34.1 Å². The van der Waals surface area contributed by atoms with Crippen LogP contribution in [0, 0.1) is 0 Å². The maximum atomic E-state index is 11.6. The summed E-state index contributed by atoms with van der Waals surface area (Å²) >= 11 is 1.41. The molecule has 0 spiro atoms. The molecule has 0 saturated heterocycles. The topological polar surface area (TPSA) is 77.3 Å². The third-order valence-electron chi connectivity index (χ3n) is 2.15. The molecule has 0 fully saturated rings. The van der Waals surface area contributed by atoms with Crippen LogP contribution in [-0.2, 0) is 17.8 Å². The van der Waals surface area contributed by atoms with Gasteiger partial charge in [-0.3, -0.25) is 4.79 Å². The van der Waals surface area contributed by atoms with Crippen molar-refractivity contribution in [1.29, 1.82) is 0 Å². The first-order chi connectivity index (χ1) is 8.79. The molecular formula is C11H13N3O3S. The van der Waals surface area contributed by atoms with E-state index in [1.807, 2.05) is 11.4 Å². The first kappa shape index (κ1) is 12.7. The van der Waals surface area contributed by atoms with E-state index >= 15 is 0 Å². The van der Waals surface area contributed by atoms with Gasteiger partial charge in [-0.15, -0.1) is 11.3 Å². The summed E-state index contributed by atoms with van der Waals surface area (Å²) in [5.41, 5.74) is 0. The van der Waals surface area contributed by atoms with Crippen molar-refractivity contribution in [2.24, 2.45) is 0 Å². The minimum atomic E-state index is -0.0818. The van der Waals surface area contributed by atoms with Crippen LogP contribution in [0.2, 0.25) is 0 Å². The lowest BCUT2D eigenvalue weighted by molar-refractivity contribution is 0.0957. The number of thiophene rings is 1. The number of rotatable bonds is 6. The van der Waals surface area contributed by atoms with Gasteiger partial charge in [-0.2, -0.15) is 4.98 Å². The Morgan fingerprint density at radius 3 is 3.22 bits per heavy atom. The van der Waals surface area contributed by atoms with Crippen LogP contribution >= 0.6 is 11.3 Å². The fourth-order valence-electron chi connectivity index (χ4n) is 1.36. The van der Waals surface area contributed by atoms with Crippen molar-refractivity contribution in [1.82, 2.24) is 15.5 Å². The Morgan fingerprint density at radius 2 is 2.50 bits per heavy atom. The Balaban J connectivity index is 1.76. The highest BCUT2D eigenvalue weighted by Crippen LogP contribution is 2.07. The second kappa shape index (κ2) is 6.27. The number of nitrogens with one attached hydrogen (secondary N) is 1. The summed E-state index contributed by atoms with van der Waals surface area (Å²) in [6.45, 7) is 0.788. The SMILES string of the molecule is COCc1noc(CCNC(=O)c2cccs2)n1. The molecule has 0 unspecified atom stereocenters. The number of ether oxygens (including phenoxy) is 1. The molecule has 0 aliphatic heterocycles. The summed E-state index contributed by atoms with van der Waals surface area (Å²) < 4.78 is 9.88. The molecule has 1 amide bonds. The van der Waals surface area contributed by atoms with Crippen molar-refractivity contribution in [3.63, 3.8) is 0 Å². The van der Waals surface area contributed by atoms with Crippen molar-refractivity contribution in [3.8, 4) is 0 Å². The van der Waals surface area contributed by atoms with E-state index in [0.29, 0.717) is 36.2 Å². The van der Waals surface area contributed by atoms with E-state index in [0.717, 1.165) is 0 Å². The van der Waals surface area contributed by atoms with Crippen LogP contribution in [0.5, 0.6) is 0 Å². The molecule has 2 heterocycles. The van der Waals surface area contributed by atoms with E-state index < -0.39 is 0 Å². The zero-order chi connectivity index (χ0) is 12.8. The highest BCUT2D eigenvalue weighted by atomic mass is 32.1. The summed E-state index contributed by atoms with van der Waals surface area (Å²) in [5.74, 6) is 0.923. The van der Waals surface area contributed by atoms with E-state index in [4.69, 9.17) is 9.26 Å². The van der Waals surface area contributed by atoms with Gasteiger partial charge < -0.3 is 14.6 Å². The summed E-state index contributed by atoms with van der Waals surface area (Å²) in [6, 6.07) is 3.62. The van der Waals surface area contributed by atoms with Crippen LogP contribution in [0.15, 0.2) is 22.0 Å². The van der Waals surface area contributed by atoms with Gasteiger partial charge in [0.15, 0.2) is 5.82 Å². The third kappa shape index (κ3) is 3.38. The molecule has 2 aromatic heterocycles. The lowest BCUT2D eigenvalue weighted by Gasteiger charge is -2.00. The maximum Gasteiger partial charge on any atom is 0.261 e. The number of hydrogen-bond donors (Lipinski definition) is 1. The van der Waals surface area contributed by atoms with E-state index in [9.17, 15) is 4.79 Å². The first-order valence-corrected chi connectivity index (χ1v) is 6.29. The fourth-order valence-corrected chi connectivity index (χ4v) is 2.00. The van der Waals surface area contributed by atoms with Gasteiger partial charge in [-0.25, -0.2) is 0 Å². The number of hydrogen-bond acceptors (Lipinski definition) is 6. The monoisotopic (exact) mass is 267 g/mol. The molecular weight excluding hydrogens is 254 g/mol. The van der Waals surface area contributed by atoms with Crippen LogP contribution in [-0.4, -0.2) is 29.7 Å². The fraction of sp³-hybridized carbons (Fsp3) is 0.364. The second-order valence-electron chi connectivity index (χ2n) is 3.52. The van der Waals surface area contributed by atoms with Gasteiger partial charge in [0.2, 0.25) is 5.89 Å². The minimum absolute atomic E-state index is 0.0818. The zero-order valence-corrected chi connectivity index (χ0v) is 10.7. The Bertz CT molecular complexity index is 495. The number of carbonyl (C=O) groups excluding carboxylic acids is 1. The van der Waals surface area contributed by atoms with Crippen molar-refractivity contribution >= 4 is 17.2 Å². The number of amides is 1. The molecule has 0 aliphatic carbocycles. The van der Waals surface area contributed by atoms with E-state index in [1.165, 1.54) is 11.3 Å². The third-order valence-corrected chi connectivity index (χ3v) is 3.02. The van der Waals surface area contributed by atoms with Gasteiger partial charge in [-0.1, -0.05) is 11.2 Å². The highest BCUT2D eigenvalue weighted by molar-refractivity contribution is 7.12. The standard InChI is InChI=1S/C11H13N3O3S/c1-16-7-9-13-10(17-14-9)4-5-12-11(15)8-3-2-6-18-8/h2-3,6H,4-5,7H2,1H3,(H,12,15). The number of aromatic nitrogens is 2. The molecule has 2 aromatic rings. The molecule has 0 aromatic carbocycles. The normalized spacial score (nSPS) is 10.5. The summed E-state index contributed by atoms with van der Waals surface area (Å²) in [5, 5.41) is 8.38. The Hall–Kier alpha value is -1.73. The van der Waals surface area contributed by atoms with E-state index in [-0.39, 0.29) is 5.91 Å². The molecule has 2 rings (SSSR count). The van der Waals surface area contributed by atoms with Crippen LogP contribution in [0.4, 0.5) is 0 Å². The largest absolute Gasteiger partial charge is 0.377 e. The van der Waals surface area contributed by atoms with Gasteiger partial charge in [-0.05, 0) is 11.4 Å². The average molecular weight is 267 g/mol. The van der Waals surface area contributed by atoms with Gasteiger partial charge in [0.05, 0.1) is 4.88 Å². The molecule has 0 bridgehead atoms. The van der Waals surface area contributed by atoms with Crippen molar-refractivity contribution in [2.45, 2.75) is 13.0 Å². The Kier molecular flexibility index (Phi) is 4.43. The number of carbonyl (C=O) groups is 1. The van der Waals surface area contributed by atoms with Gasteiger partial charge in [0, 0.05) is 20.1 Å². The Labute approximate surface area is 108 Å². The molecule has 96 valence electrons. The van der Waals surface area contributed by atoms with Crippen LogP contribution < -0.4 is 5.32 Å². The average Bonchev–Trinajstić information content (AvgIpc) is 3.00. The minimum Gasteiger partial charge on any atom is -0.377 e. The molecule has 0 saturated carbocycles. The van der Waals surface area contributed by atoms with Crippen LogP contribution in [0.25, 0.3) is 0 Å². The molecule has 7 heteroatoms. The lowest BCUT2D eigenvalue weighted by Crippen LogP contribution is -2.24. The van der Waals surface area contributed by atoms with E-state index in [1.54, 1.807) is 13.2 Å². The summed E-state index contributed by atoms with van der Waals surface area (Å²) in [4.78, 5) is 16.4. The van der Waals surface area contributed by atoms with E-state index in [2.05, 4.69) is 15.5 Å². The van der Waals surface area contributed by atoms with Crippen LogP contribution in [0.3, 0.4) is 0 Å². The maximum absolute atomic E-state index is 11.6. The molecule has 0 radical (unpaired) electrons. The quantitative estimate of drug-likeness (QED) is 0.852. The van der Waals surface area contributed by atoms with Gasteiger partial charge in [0.25, 0.3) is 5.91 Å². The predicted octanol–water partition coefficient (Wildman–Crippen LogP) is 1.25. The summed E-state index contributed by atoms with van der Waals surface area (Å²) in [6.07, 6.45) is 0.508. The predicted molar refractivity (Wildman–Crippen MR) is 65.4 cm³/mol. The molecule has 0 atom stereocenters. The number of nitrogens with zero attached hydrogens (tertiary/aromatic N) is 2. The highest BCUT2D eigenvalue weighted by Gasteiger charge is 2.08. The first-order valence-electron chi connectivity index (χ1n) is 5.41. The molecule has 1 N–H and O–H groups in total. The lowest BCUT2D eigenvalue weighted by atomic mass is 10.4.